The first-order valence-electron chi connectivity index (χ1n) is 7.14. The van der Waals surface area contributed by atoms with Crippen LogP contribution in [-0.4, -0.2) is 25.7 Å². The zero-order chi connectivity index (χ0) is 15.1. The highest BCUT2D eigenvalue weighted by Crippen LogP contribution is 2.34. The number of methoxy groups -OCH3 is 1. The number of nitrogens with zero attached hydrogens (tertiary/aromatic N) is 1. The molecule has 0 aliphatic heterocycles. The number of hydrogen-bond acceptors (Lipinski definition) is 4. The van der Waals surface area contributed by atoms with Gasteiger partial charge in [0.2, 0.25) is 0 Å². The molecular formula is C17H22N2O2. The molecule has 1 N–H and O–H groups in total. The van der Waals surface area contributed by atoms with Gasteiger partial charge < -0.3 is 14.8 Å². The third kappa shape index (κ3) is 3.60. The Morgan fingerprint density at radius 2 is 1.90 bits per heavy atom. The van der Waals surface area contributed by atoms with Crippen molar-refractivity contribution in [1.82, 2.24) is 10.3 Å². The van der Waals surface area contributed by atoms with E-state index in [1.807, 2.05) is 44.3 Å². The van der Waals surface area contributed by atoms with Crippen LogP contribution in [0.3, 0.4) is 0 Å². The Hall–Kier alpha value is -1.91. The topological polar surface area (TPSA) is 43.4 Å². The summed E-state index contributed by atoms with van der Waals surface area (Å²) in [5.41, 5.74) is 1.97. The van der Waals surface area contributed by atoms with E-state index in [0.29, 0.717) is 6.61 Å². The molecule has 4 heteroatoms. The van der Waals surface area contributed by atoms with E-state index in [9.17, 15) is 0 Å². The van der Waals surface area contributed by atoms with Crippen LogP contribution in [0.4, 0.5) is 0 Å². The van der Waals surface area contributed by atoms with Crippen molar-refractivity contribution in [3.05, 3.63) is 59.9 Å². The van der Waals surface area contributed by atoms with Gasteiger partial charge in [0.1, 0.15) is 17.5 Å². The average molecular weight is 286 g/mol. The van der Waals surface area contributed by atoms with Crippen molar-refractivity contribution in [2.24, 2.45) is 0 Å². The molecule has 2 atom stereocenters. The number of pyridine rings is 1. The normalized spacial score (nSPS) is 13.7. The molecule has 21 heavy (non-hydrogen) atoms. The summed E-state index contributed by atoms with van der Waals surface area (Å²) in [7, 11) is 3.57. The lowest BCUT2D eigenvalue weighted by molar-refractivity contribution is 0.0329. The summed E-state index contributed by atoms with van der Waals surface area (Å²) in [4.78, 5) is 4.48. The minimum absolute atomic E-state index is 0.0801. The molecule has 1 aromatic carbocycles. The summed E-state index contributed by atoms with van der Waals surface area (Å²) in [5, 5.41) is 3.31. The highest BCUT2D eigenvalue weighted by molar-refractivity contribution is 5.32. The fourth-order valence-electron chi connectivity index (χ4n) is 2.45. The molecule has 112 valence electrons. The number of ether oxygens (including phenoxy) is 2. The fraction of sp³-hybridized carbons (Fsp3) is 0.353. The van der Waals surface area contributed by atoms with Gasteiger partial charge in [-0.15, -0.1) is 0 Å². The largest absolute Gasteiger partial charge is 0.495 e. The van der Waals surface area contributed by atoms with E-state index in [2.05, 4.69) is 22.4 Å². The molecule has 0 bridgehead atoms. The van der Waals surface area contributed by atoms with Crippen LogP contribution in [-0.2, 0) is 4.74 Å². The summed E-state index contributed by atoms with van der Waals surface area (Å²) in [6, 6.07) is 13.9. The summed E-state index contributed by atoms with van der Waals surface area (Å²) in [5.74, 6) is 0.762. The molecule has 0 amide bonds. The Bertz CT molecular complexity index is 545. The number of likely N-dealkylation sites (N-methyl/N-ethyl adjacent to an activating group) is 1. The maximum absolute atomic E-state index is 5.98. The summed E-state index contributed by atoms with van der Waals surface area (Å²) < 4.78 is 11.4. The zero-order valence-corrected chi connectivity index (χ0v) is 12.7. The maximum atomic E-state index is 5.98. The molecule has 4 nitrogen and oxygen atoms in total. The Morgan fingerprint density at radius 3 is 2.52 bits per heavy atom. The van der Waals surface area contributed by atoms with E-state index in [1.54, 1.807) is 13.3 Å². The maximum Gasteiger partial charge on any atom is 0.142 e. The van der Waals surface area contributed by atoms with Crippen molar-refractivity contribution in [3.8, 4) is 5.75 Å². The second kappa shape index (κ2) is 7.76. The Kier molecular flexibility index (Phi) is 5.72. The molecule has 0 fully saturated rings. The Labute approximate surface area is 126 Å². The fourth-order valence-corrected chi connectivity index (χ4v) is 2.45. The van der Waals surface area contributed by atoms with Crippen LogP contribution in [0.5, 0.6) is 5.75 Å². The van der Waals surface area contributed by atoms with Gasteiger partial charge in [0.25, 0.3) is 0 Å². The van der Waals surface area contributed by atoms with Gasteiger partial charge in [-0.3, -0.25) is 4.98 Å². The van der Waals surface area contributed by atoms with Crippen LogP contribution < -0.4 is 10.1 Å². The van der Waals surface area contributed by atoms with Crippen LogP contribution in [0, 0.1) is 0 Å². The molecule has 0 saturated heterocycles. The number of benzene rings is 1. The second-order valence-electron chi connectivity index (χ2n) is 4.64. The van der Waals surface area contributed by atoms with Crippen molar-refractivity contribution in [1.29, 1.82) is 0 Å². The first kappa shape index (κ1) is 15.5. The molecule has 0 spiro atoms. The third-order valence-corrected chi connectivity index (χ3v) is 3.40. The molecule has 0 radical (unpaired) electrons. The Balaban J connectivity index is 2.40. The number of aromatic nitrogens is 1. The van der Waals surface area contributed by atoms with Gasteiger partial charge in [-0.1, -0.05) is 30.3 Å². The average Bonchev–Trinajstić information content (AvgIpc) is 2.56. The van der Waals surface area contributed by atoms with Gasteiger partial charge in [-0.05, 0) is 31.7 Å². The summed E-state index contributed by atoms with van der Waals surface area (Å²) in [6.45, 7) is 2.63. The van der Waals surface area contributed by atoms with Crippen molar-refractivity contribution >= 4 is 0 Å². The quantitative estimate of drug-likeness (QED) is 0.849. The smallest absolute Gasteiger partial charge is 0.142 e. The highest BCUT2D eigenvalue weighted by Gasteiger charge is 2.27. The predicted octanol–water partition coefficient (Wildman–Crippen LogP) is 3.13. The molecule has 2 rings (SSSR count). The van der Waals surface area contributed by atoms with Crippen molar-refractivity contribution in [3.63, 3.8) is 0 Å². The van der Waals surface area contributed by atoms with E-state index in [4.69, 9.17) is 9.47 Å². The second-order valence-corrected chi connectivity index (χ2v) is 4.64. The van der Waals surface area contributed by atoms with E-state index >= 15 is 0 Å². The predicted molar refractivity (Wildman–Crippen MR) is 83.4 cm³/mol. The van der Waals surface area contributed by atoms with Gasteiger partial charge >= 0.3 is 0 Å². The first-order valence-corrected chi connectivity index (χ1v) is 7.14. The summed E-state index contributed by atoms with van der Waals surface area (Å²) in [6.07, 6.45) is 1.65. The molecule has 0 aliphatic carbocycles. The van der Waals surface area contributed by atoms with Gasteiger partial charge in [0, 0.05) is 12.8 Å². The van der Waals surface area contributed by atoms with Crippen LogP contribution in [0.1, 0.15) is 30.3 Å². The summed E-state index contributed by atoms with van der Waals surface area (Å²) >= 11 is 0. The minimum Gasteiger partial charge on any atom is -0.495 e. The first-order chi connectivity index (χ1) is 10.3. The number of rotatable bonds is 7. The van der Waals surface area contributed by atoms with Crippen LogP contribution in [0.15, 0.2) is 48.7 Å². The van der Waals surface area contributed by atoms with Gasteiger partial charge in [0.05, 0.1) is 13.2 Å². The lowest BCUT2D eigenvalue weighted by Crippen LogP contribution is -2.27. The van der Waals surface area contributed by atoms with E-state index in [-0.39, 0.29) is 12.1 Å². The molecule has 2 unspecified atom stereocenters. The molecule has 1 aromatic heterocycles. The van der Waals surface area contributed by atoms with Gasteiger partial charge in [0.15, 0.2) is 0 Å². The molecule has 0 saturated carbocycles. The SMILES string of the molecule is CCOC(c1ccccc1)C(NC)c1ncccc1OC. The van der Waals surface area contributed by atoms with E-state index in [0.717, 1.165) is 17.0 Å². The monoisotopic (exact) mass is 286 g/mol. The minimum atomic E-state index is -0.120. The molecule has 0 aliphatic rings. The van der Waals surface area contributed by atoms with Crippen molar-refractivity contribution in [2.45, 2.75) is 19.1 Å². The standard InChI is InChI=1S/C17H22N2O2/c1-4-21-17(13-9-6-5-7-10-13)16(18-2)15-14(20-3)11-8-12-19-15/h5-12,16-18H,4H2,1-3H3. The highest BCUT2D eigenvalue weighted by atomic mass is 16.5. The number of hydrogen-bond donors (Lipinski definition) is 1. The lowest BCUT2D eigenvalue weighted by Gasteiger charge is -2.27. The van der Waals surface area contributed by atoms with E-state index in [1.165, 1.54) is 0 Å². The van der Waals surface area contributed by atoms with Crippen LogP contribution in [0.25, 0.3) is 0 Å². The zero-order valence-electron chi connectivity index (χ0n) is 12.7. The molecule has 1 heterocycles. The molecule has 2 aromatic rings. The molecular weight excluding hydrogens is 264 g/mol. The van der Waals surface area contributed by atoms with E-state index < -0.39 is 0 Å². The van der Waals surface area contributed by atoms with Gasteiger partial charge in [-0.25, -0.2) is 0 Å². The van der Waals surface area contributed by atoms with Gasteiger partial charge in [-0.2, -0.15) is 0 Å². The van der Waals surface area contributed by atoms with Crippen molar-refractivity contribution < 1.29 is 9.47 Å². The Morgan fingerprint density at radius 1 is 1.14 bits per heavy atom. The third-order valence-electron chi connectivity index (χ3n) is 3.40. The van der Waals surface area contributed by atoms with Crippen LogP contribution in [0.2, 0.25) is 0 Å². The van der Waals surface area contributed by atoms with Crippen LogP contribution >= 0.6 is 0 Å². The number of nitrogens with one attached hydrogen (secondary N) is 1. The lowest BCUT2D eigenvalue weighted by atomic mass is 9.98. The van der Waals surface area contributed by atoms with Crippen molar-refractivity contribution in [2.75, 3.05) is 20.8 Å².